The lowest BCUT2D eigenvalue weighted by molar-refractivity contribution is -0.0224. The summed E-state index contributed by atoms with van der Waals surface area (Å²) in [7, 11) is 0. The molecule has 1 aromatic carbocycles. The van der Waals surface area contributed by atoms with Crippen molar-refractivity contribution < 1.29 is 26.7 Å². The Labute approximate surface area is 251 Å². The minimum Gasteiger partial charge on any atom is -0.461 e. The summed E-state index contributed by atoms with van der Waals surface area (Å²) in [6.45, 7) is 2.63. The first-order valence-corrected chi connectivity index (χ1v) is 15.7. The van der Waals surface area contributed by atoms with Crippen LogP contribution in [0.25, 0.3) is 22.2 Å². The molecule has 9 rings (SSSR count). The molecule has 1 saturated carbocycles. The number of alkyl halides is 5. The number of piperazine rings is 1. The van der Waals surface area contributed by atoms with Gasteiger partial charge < -0.3 is 15.0 Å². The van der Waals surface area contributed by atoms with E-state index >= 15 is 17.6 Å². The molecule has 2 aromatic heterocycles. The van der Waals surface area contributed by atoms with Gasteiger partial charge in [0.25, 0.3) is 12.3 Å². The van der Waals surface area contributed by atoms with E-state index in [-0.39, 0.29) is 47.4 Å². The normalized spacial score (nSPS) is 33.2. The summed E-state index contributed by atoms with van der Waals surface area (Å²) < 4.78 is 81.1. The van der Waals surface area contributed by atoms with Crippen LogP contribution in [0.5, 0.6) is 6.01 Å². The Morgan fingerprint density at radius 3 is 2.70 bits per heavy atom. The second kappa shape index (κ2) is 9.45. The van der Waals surface area contributed by atoms with Crippen LogP contribution in [0.3, 0.4) is 0 Å². The van der Waals surface area contributed by atoms with E-state index in [1.54, 1.807) is 6.07 Å². The number of benzene rings is 1. The fraction of sp³-hybridized carbons (Fsp3) is 0.594. The van der Waals surface area contributed by atoms with E-state index in [4.69, 9.17) is 9.72 Å². The van der Waals surface area contributed by atoms with Crippen LogP contribution in [0.1, 0.15) is 67.6 Å². The van der Waals surface area contributed by atoms with Gasteiger partial charge in [-0.25, -0.2) is 22.0 Å². The molecule has 7 nitrogen and oxygen atoms in total. The lowest BCUT2D eigenvalue weighted by atomic mass is 9.93. The van der Waals surface area contributed by atoms with E-state index in [1.165, 1.54) is 18.3 Å². The average molecular weight is 613 g/mol. The molecule has 4 aliphatic heterocycles. The van der Waals surface area contributed by atoms with Crippen molar-refractivity contribution in [3.63, 3.8) is 0 Å². The smallest absolute Gasteiger partial charge is 0.319 e. The molecule has 1 N–H and O–H groups in total. The summed E-state index contributed by atoms with van der Waals surface area (Å²) in [5.41, 5.74) is -0.236. The molecule has 0 radical (unpaired) electrons. The number of hydrogen-bond acceptors (Lipinski definition) is 7. The summed E-state index contributed by atoms with van der Waals surface area (Å²) in [4.78, 5) is 18.1. The molecular weight excluding hydrogens is 579 g/mol. The van der Waals surface area contributed by atoms with Gasteiger partial charge in [0.15, 0.2) is 0 Å². The van der Waals surface area contributed by atoms with Crippen molar-refractivity contribution in [2.24, 2.45) is 5.92 Å². The van der Waals surface area contributed by atoms with E-state index in [0.29, 0.717) is 54.8 Å². The van der Waals surface area contributed by atoms with Crippen molar-refractivity contribution in [2.45, 2.75) is 80.6 Å². The molecule has 0 spiro atoms. The number of anilines is 1. The van der Waals surface area contributed by atoms with Crippen LogP contribution in [0.2, 0.25) is 0 Å². The van der Waals surface area contributed by atoms with Crippen molar-refractivity contribution >= 4 is 16.7 Å². The average Bonchev–Trinajstić information content (AvgIpc) is 3.40. The second-order valence-corrected chi connectivity index (χ2v) is 13.7. The van der Waals surface area contributed by atoms with Gasteiger partial charge in [0.2, 0.25) is 0 Å². The predicted octanol–water partition coefficient (Wildman–Crippen LogP) is 5.73. The number of aromatic nitrogens is 3. The Hall–Kier alpha value is -3.12. The second-order valence-electron chi connectivity index (χ2n) is 13.7. The van der Waals surface area contributed by atoms with E-state index in [1.807, 2.05) is 0 Å². The summed E-state index contributed by atoms with van der Waals surface area (Å²) in [5, 5.41) is 3.97. The van der Waals surface area contributed by atoms with Gasteiger partial charge in [-0.1, -0.05) is 18.2 Å². The zero-order valence-electron chi connectivity index (χ0n) is 24.1. The Morgan fingerprint density at radius 1 is 1.09 bits per heavy atom. The highest BCUT2D eigenvalue weighted by Crippen LogP contribution is 2.68. The van der Waals surface area contributed by atoms with Gasteiger partial charge in [-0.3, -0.25) is 9.88 Å². The minimum absolute atomic E-state index is 0.0150. The maximum Gasteiger partial charge on any atom is 0.319 e. The zero-order valence-corrected chi connectivity index (χ0v) is 24.1. The molecule has 44 heavy (non-hydrogen) atoms. The van der Waals surface area contributed by atoms with Gasteiger partial charge in [-0.2, -0.15) is 9.97 Å². The van der Waals surface area contributed by atoms with E-state index in [0.717, 1.165) is 32.2 Å². The molecule has 5 fully saturated rings. The monoisotopic (exact) mass is 612 g/mol. The summed E-state index contributed by atoms with van der Waals surface area (Å²) >= 11 is 0. The molecule has 232 valence electrons. The number of nitrogens with zero attached hydrogens (tertiary/aromatic N) is 5. The first-order valence-electron chi connectivity index (χ1n) is 15.7. The Bertz CT molecular complexity index is 1660. The number of fused-ring (bicyclic) bond motifs is 7. The molecule has 6 heterocycles. The third kappa shape index (κ3) is 3.95. The van der Waals surface area contributed by atoms with Crippen molar-refractivity contribution in [3.05, 3.63) is 41.1 Å². The molecule has 3 aromatic rings. The molecule has 2 aliphatic carbocycles. The van der Waals surface area contributed by atoms with Crippen molar-refractivity contribution in [3.8, 4) is 17.3 Å². The summed E-state index contributed by atoms with van der Waals surface area (Å²) in [6.07, 6.45) is 2.06. The van der Waals surface area contributed by atoms with Gasteiger partial charge in [-0.05, 0) is 50.1 Å². The number of halogens is 5. The number of rotatable bonds is 6. The van der Waals surface area contributed by atoms with Crippen LogP contribution in [0.15, 0.2) is 24.4 Å². The van der Waals surface area contributed by atoms with E-state index in [9.17, 15) is 4.39 Å². The predicted molar refractivity (Wildman–Crippen MR) is 153 cm³/mol. The van der Waals surface area contributed by atoms with Crippen LogP contribution in [-0.2, 0) is 5.92 Å². The highest BCUT2D eigenvalue weighted by Gasteiger charge is 2.64. The largest absolute Gasteiger partial charge is 0.461 e. The maximum atomic E-state index is 15.2. The van der Waals surface area contributed by atoms with E-state index < -0.39 is 35.5 Å². The quantitative estimate of drug-likeness (QED) is 0.357. The fourth-order valence-corrected chi connectivity index (χ4v) is 8.99. The first kappa shape index (κ1) is 27.2. The zero-order chi connectivity index (χ0) is 30.0. The first-order chi connectivity index (χ1) is 21.2. The van der Waals surface area contributed by atoms with Crippen molar-refractivity contribution in [1.82, 2.24) is 25.2 Å². The maximum absolute atomic E-state index is 15.2. The van der Waals surface area contributed by atoms with E-state index in [2.05, 4.69) is 25.1 Å². The lowest BCUT2D eigenvalue weighted by Gasteiger charge is -2.34. The third-order valence-electron chi connectivity index (χ3n) is 11.1. The van der Waals surface area contributed by atoms with Crippen molar-refractivity contribution in [1.29, 1.82) is 0 Å². The number of ether oxygens (including phenoxy) is 1. The van der Waals surface area contributed by atoms with Crippen LogP contribution < -0.4 is 15.0 Å². The molecule has 6 aliphatic rings. The molecule has 4 unspecified atom stereocenters. The third-order valence-corrected chi connectivity index (χ3v) is 11.1. The van der Waals surface area contributed by atoms with Gasteiger partial charge in [0.1, 0.15) is 18.6 Å². The fourth-order valence-electron chi connectivity index (χ4n) is 8.99. The number of nitrogens with one attached hydrogen (secondary N) is 1. The van der Waals surface area contributed by atoms with Crippen LogP contribution in [-0.4, -0.2) is 76.4 Å². The van der Waals surface area contributed by atoms with Gasteiger partial charge in [0.05, 0.1) is 27.7 Å². The van der Waals surface area contributed by atoms with Crippen LogP contribution in [0, 0.1) is 5.92 Å². The lowest BCUT2D eigenvalue weighted by Crippen LogP contribution is -2.51. The Kier molecular flexibility index (Phi) is 5.84. The Balaban J connectivity index is 1.19. The molecule has 4 saturated heterocycles. The molecule has 2 bridgehead atoms. The van der Waals surface area contributed by atoms with Gasteiger partial charge in [0, 0.05) is 61.4 Å². The van der Waals surface area contributed by atoms with Crippen molar-refractivity contribution in [2.75, 3.05) is 37.7 Å². The number of hydrogen-bond donors (Lipinski definition) is 1. The van der Waals surface area contributed by atoms with Gasteiger partial charge >= 0.3 is 6.01 Å². The Morgan fingerprint density at radius 2 is 1.91 bits per heavy atom. The molecule has 0 amide bonds. The molecule has 12 heteroatoms. The summed E-state index contributed by atoms with van der Waals surface area (Å²) in [6, 6.07) is 5.00. The topological polar surface area (TPSA) is 66.4 Å². The van der Waals surface area contributed by atoms with Crippen LogP contribution in [0.4, 0.5) is 27.8 Å². The standard InChI is InChI=1S/C32H33F5N6O/c33-16-10-31(7-2-8-43(31)12-16)15-44-30-40-27-21(29(41-30)42-13-17-5-6-18(14-42)39-17)11-38-26(25(27)28(34)35)19-3-1-4-22-24(19)20-9-23(20)32(22,36)37/h1,3-4,11,16-18,20,23,28,39H,2,5-10,12-15H2/t16-,17?,18?,20?,23?,31+/m0/s1. The van der Waals surface area contributed by atoms with Gasteiger partial charge in [-0.15, -0.1) is 0 Å². The highest BCUT2D eigenvalue weighted by atomic mass is 19.3. The summed E-state index contributed by atoms with van der Waals surface area (Å²) in [5.74, 6) is -3.66. The highest BCUT2D eigenvalue weighted by molar-refractivity contribution is 5.95. The number of pyridine rings is 1. The minimum atomic E-state index is -2.98. The van der Waals surface area contributed by atoms with Crippen LogP contribution >= 0.6 is 0 Å². The molecule has 6 atom stereocenters. The molecular formula is C32H33F5N6O. The SMILES string of the molecule is FC(F)c1c(-c2cccc3c2C2CC2C3(F)F)ncc2c(N3CC4CCC(C3)N4)nc(OC[C@]34CCCN3C[C@@H](F)C4)nc12.